The summed E-state index contributed by atoms with van der Waals surface area (Å²) in [4.78, 5) is 0. The smallest absolute Gasteiger partial charge is 0.252 e. The van der Waals surface area contributed by atoms with Gasteiger partial charge in [-0.25, -0.2) is 0 Å². The zero-order chi connectivity index (χ0) is 8.53. The maximum atomic E-state index is 5.21. The van der Waals surface area contributed by atoms with E-state index >= 15 is 0 Å². The van der Waals surface area contributed by atoms with Crippen LogP contribution in [0, 0.1) is 0 Å². The van der Waals surface area contributed by atoms with Gasteiger partial charge >= 0.3 is 0 Å². The molecular formula is C7H16N3O+. The Labute approximate surface area is 67.3 Å². The monoisotopic (exact) mass is 158 g/mol. The summed E-state index contributed by atoms with van der Waals surface area (Å²) >= 11 is 0. The summed E-state index contributed by atoms with van der Waals surface area (Å²) in [7, 11) is 3.48. The second-order valence-corrected chi connectivity index (χ2v) is 2.06. The van der Waals surface area contributed by atoms with Crippen LogP contribution < -0.4 is 11.2 Å². The van der Waals surface area contributed by atoms with E-state index in [1.54, 1.807) is 18.1 Å². The molecule has 0 aromatic heterocycles. The molecule has 0 radical (unpaired) electrons. The van der Waals surface area contributed by atoms with Gasteiger partial charge < -0.3 is 4.74 Å². The van der Waals surface area contributed by atoms with Crippen LogP contribution in [0.3, 0.4) is 0 Å². The SMILES string of the molecule is COC=CCCN[N+](C)=CN. The highest BCUT2D eigenvalue weighted by atomic mass is 16.5. The van der Waals surface area contributed by atoms with Gasteiger partial charge in [0, 0.05) is 0 Å². The minimum atomic E-state index is 0.851. The van der Waals surface area contributed by atoms with Gasteiger partial charge in [-0.1, -0.05) is 0 Å². The first-order valence-corrected chi connectivity index (χ1v) is 3.50. The molecule has 4 heteroatoms. The number of nitrogens with one attached hydrogen (secondary N) is 1. The number of hydrogen-bond donors (Lipinski definition) is 2. The van der Waals surface area contributed by atoms with E-state index < -0.39 is 0 Å². The molecule has 0 aromatic rings. The van der Waals surface area contributed by atoms with E-state index in [1.807, 2.05) is 13.1 Å². The quantitative estimate of drug-likeness (QED) is 0.144. The summed E-state index contributed by atoms with van der Waals surface area (Å²) in [5.74, 6) is 0. The van der Waals surface area contributed by atoms with Crippen molar-refractivity contribution in [1.29, 1.82) is 0 Å². The molecule has 0 fully saturated rings. The average Bonchev–Trinajstić information content (AvgIpc) is 2.04. The number of ether oxygens (including phenoxy) is 1. The van der Waals surface area contributed by atoms with E-state index in [4.69, 9.17) is 10.5 Å². The topological polar surface area (TPSA) is 50.3 Å². The van der Waals surface area contributed by atoms with Crippen molar-refractivity contribution in [3.63, 3.8) is 0 Å². The second-order valence-electron chi connectivity index (χ2n) is 2.06. The summed E-state index contributed by atoms with van der Waals surface area (Å²) in [6.45, 7) is 0.851. The number of methoxy groups -OCH3 is 1. The summed E-state index contributed by atoms with van der Waals surface area (Å²) in [5, 5.41) is 0. The minimum Gasteiger partial charge on any atom is -0.505 e. The van der Waals surface area contributed by atoms with Crippen LogP contribution in [0.1, 0.15) is 6.42 Å². The first kappa shape index (κ1) is 9.81. The Morgan fingerprint density at radius 2 is 2.36 bits per heavy atom. The highest BCUT2D eigenvalue weighted by molar-refractivity contribution is 5.44. The number of hydrogen-bond acceptors (Lipinski definition) is 2. The van der Waals surface area contributed by atoms with E-state index in [0.717, 1.165) is 13.0 Å². The minimum absolute atomic E-state index is 0.851. The van der Waals surface area contributed by atoms with Crippen molar-refractivity contribution in [2.24, 2.45) is 5.73 Å². The summed E-state index contributed by atoms with van der Waals surface area (Å²) in [5.41, 5.74) is 8.25. The Hall–Kier alpha value is -1.19. The largest absolute Gasteiger partial charge is 0.505 e. The van der Waals surface area contributed by atoms with Crippen molar-refractivity contribution in [2.75, 3.05) is 20.7 Å². The Bertz CT molecular complexity index is 143. The third-order valence-corrected chi connectivity index (χ3v) is 1.13. The molecule has 0 amide bonds. The van der Waals surface area contributed by atoms with Gasteiger partial charge in [-0.3, -0.25) is 11.2 Å². The van der Waals surface area contributed by atoms with Gasteiger partial charge in [0.1, 0.15) is 0 Å². The Kier molecular flexibility index (Phi) is 6.17. The molecule has 0 saturated carbocycles. The number of rotatable bonds is 5. The fourth-order valence-electron chi connectivity index (χ4n) is 0.541. The normalized spacial score (nSPS) is 12.0. The number of hydrazone groups is 1. The Morgan fingerprint density at radius 3 is 2.91 bits per heavy atom. The molecule has 0 unspecified atom stereocenters. The summed E-state index contributed by atoms with van der Waals surface area (Å²) in [6.07, 6.45) is 6.00. The van der Waals surface area contributed by atoms with Crippen LogP contribution in [0.15, 0.2) is 12.3 Å². The van der Waals surface area contributed by atoms with Gasteiger partial charge in [-0.05, 0) is 12.5 Å². The van der Waals surface area contributed by atoms with Crippen LogP contribution in [0.2, 0.25) is 0 Å². The fourth-order valence-corrected chi connectivity index (χ4v) is 0.541. The molecule has 0 aliphatic carbocycles. The lowest BCUT2D eigenvalue weighted by molar-refractivity contribution is -0.556. The second kappa shape index (κ2) is 6.92. The summed E-state index contributed by atoms with van der Waals surface area (Å²) in [6, 6.07) is 0. The van der Waals surface area contributed by atoms with Gasteiger partial charge in [0.25, 0.3) is 6.34 Å². The fraction of sp³-hybridized carbons (Fsp3) is 0.571. The van der Waals surface area contributed by atoms with Crippen molar-refractivity contribution in [3.8, 4) is 0 Å². The van der Waals surface area contributed by atoms with E-state index in [9.17, 15) is 0 Å². The Balaban J connectivity index is 3.21. The standard InChI is InChI=1S/C7H15N3O/c1-10(7-8)9-5-3-4-6-11-2/h4,6-9H,3,5H2,1-2H3/p+1. The molecule has 0 aromatic carbocycles. The molecular weight excluding hydrogens is 142 g/mol. The molecule has 0 aliphatic heterocycles. The molecule has 64 valence electrons. The van der Waals surface area contributed by atoms with Crippen LogP contribution in [0.25, 0.3) is 0 Å². The first-order chi connectivity index (χ1) is 5.31. The van der Waals surface area contributed by atoms with E-state index in [0.29, 0.717) is 0 Å². The van der Waals surface area contributed by atoms with Crippen LogP contribution in [-0.4, -0.2) is 31.7 Å². The molecule has 0 spiro atoms. The molecule has 3 N–H and O–H groups in total. The van der Waals surface area contributed by atoms with E-state index in [2.05, 4.69) is 5.43 Å². The van der Waals surface area contributed by atoms with Gasteiger partial charge in [0.15, 0.2) is 0 Å². The molecule has 0 atom stereocenters. The van der Waals surface area contributed by atoms with Crippen LogP contribution in [0.4, 0.5) is 0 Å². The van der Waals surface area contributed by atoms with Gasteiger partial charge in [0.05, 0.1) is 27.0 Å². The predicted molar refractivity (Wildman–Crippen MR) is 45.2 cm³/mol. The first-order valence-electron chi connectivity index (χ1n) is 3.50. The highest BCUT2D eigenvalue weighted by Gasteiger charge is 1.84. The molecule has 0 rings (SSSR count). The van der Waals surface area contributed by atoms with Crippen molar-refractivity contribution in [3.05, 3.63) is 12.3 Å². The predicted octanol–water partition coefficient (Wildman–Crippen LogP) is -0.329. The van der Waals surface area contributed by atoms with Gasteiger partial charge in [-0.15, -0.1) is 0 Å². The van der Waals surface area contributed by atoms with Crippen molar-refractivity contribution in [1.82, 2.24) is 5.43 Å². The van der Waals surface area contributed by atoms with Gasteiger partial charge in [0.2, 0.25) is 0 Å². The van der Waals surface area contributed by atoms with Crippen molar-refractivity contribution in [2.45, 2.75) is 6.42 Å². The number of nitrogens with zero attached hydrogens (tertiary/aromatic N) is 1. The Morgan fingerprint density at radius 1 is 1.64 bits per heavy atom. The summed E-state index contributed by atoms with van der Waals surface area (Å²) < 4.78 is 6.43. The number of hydrazine groups is 1. The van der Waals surface area contributed by atoms with Crippen LogP contribution >= 0.6 is 0 Å². The molecule has 0 aliphatic rings. The van der Waals surface area contributed by atoms with Gasteiger partial charge in [-0.2, -0.15) is 4.68 Å². The lowest BCUT2D eigenvalue weighted by Gasteiger charge is -1.99. The maximum absolute atomic E-state index is 5.21. The zero-order valence-corrected chi connectivity index (χ0v) is 7.08. The van der Waals surface area contributed by atoms with E-state index in [-0.39, 0.29) is 0 Å². The highest BCUT2D eigenvalue weighted by Crippen LogP contribution is 1.79. The third kappa shape index (κ3) is 6.70. The molecule has 0 bridgehead atoms. The maximum Gasteiger partial charge on any atom is 0.252 e. The lowest BCUT2D eigenvalue weighted by Crippen LogP contribution is -2.29. The van der Waals surface area contributed by atoms with E-state index in [1.165, 1.54) is 6.34 Å². The average molecular weight is 158 g/mol. The molecule has 0 saturated heterocycles. The zero-order valence-electron chi connectivity index (χ0n) is 7.08. The lowest BCUT2D eigenvalue weighted by atomic mass is 10.4. The van der Waals surface area contributed by atoms with Crippen molar-refractivity contribution < 1.29 is 9.42 Å². The molecule has 0 heterocycles. The third-order valence-electron chi connectivity index (χ3n) is 1.13. The molecule has 4 nitrogen and oxygen atoms in total. The molecule has 11 heavy (non-hydrogen) atoms. The van der Waals surface area contributed by atoms with Crippen LogP contribution in [-0.2, 0) is 4.74 Å². The number of nitrogens with two attached hydrogens (primary N) is 1. The van der Waals surface area contributed by atoms with Crippen molar-refractivity contribution >= 4 is 6.34 Å². The van der Waals surface area contributed by atoms with Crippen LogP contribution in [0.5, 0.6) is 0 Å².